The van der Waals surface area contributed by atoms with Gasteiger partial charge >= 0.3 is 0 Å². The zero-order chi connectivity index (χ0) is 14.5. The van der Waals surface area contributed by atoms with Crippen molar-refractivity contribution in [2.24, 2.45) is 7.05 Å². The average molecular weight is 292 g/mol. The number of H-pyrrole nitrogens is 1. The van der Waals surface area contributed by atoms with E-state index in [0.29, 0.717) is 17.2 Å². The number of hydrogen-bond acceptors (Lipinski definition) is 4. The molecule has 7 heteroatoms. The van der Waals surface area contributed by atoms with E-state index in [4.69, 9.17) is 17.0 Å². The van der Waals surface area contributed by atoms with E-state index in [1.165, 1.54) is 0 Å². The molecule has 0 saturated heterocycles. The number of anilines is 1. The molecular weight excluding hydrogens is 276 g/mol. The number of benzene rings is 1. The third-order valence-corrected chi connectivity index (χ3v) is 3.11. The maximum Gasteiger partial charge on any atom is 0.232 e. The van der Waals surface area contributed by atoms with Gasteiger partial charge < -0.3 is 14.6 Å². The van der Waals surface area contributed by atoms with Crippen LogP contribution in [0.4, 0.5) is 5.69 Å². The Morgan fingerprint density at radius 3 is 2.70 bits per heavy atom. The Bertz CT molecular complexity index is 645. The average Bonchev–Trinajstić information content (AvgIpc) is 2.73. The van der Waals surface area contributed by atoms with Crippen LogP contribution in [0.3, 0.4) is 0 Å². The molecule has 1 aromatic carbocycles. The van der Waals surface area contributed by atoms with Crippen LogP contribution in [0.2, 0.25) is 0 Å². The first-order valence-corrected chi connectivity index (χ1v) is 6.64. The van der Waals surface area contributed by atoms with Crippen molar-refractivity contribution in [2.75, 3.05) is 11.9 Å². The van der Waals surface area contributed by atoms with Crippen LogP contribution in [-0.4, -0.2) is 27.3 Å². The molecule has 2 aromatic rings. The predicted octanol–water partition coefficient (Wildman–Crippen LogP) is 2.06. The van der Waals surface area contributed by atoms with Gasteiger partial charge in [0, 0.05) is 12.7 Å². The standard InChI is InChI=1S/C13H16N4O2S/c1-3-19-10-6-4-9(5-7-10)14-12(18)8-11-15-16-13(20)17(11)2/h4-7H,3,8H2,1-2H3,(H,14,18)(H,16,20). The summed E-state index contributed by atoms with van der Waals surface area (Å²) >= 11 is 5.00. The van der Waals surface area contributed by atoms with Gasteiger partial charge in [0.2, 0.25) is 5.91 Å². The number of aromatic nitrogens is 3. The van der Waals surface area contributed by atoms with Gasteiger partial charge in [0.15, 0.2) is 4.77 Å². The molecule has 0 aliphatic rings. The largest absolute Gasteiger partial charge is 0.494 e. The summed E-state index contributed by atoms with van der Waals surface area (Å²) in [6, 6.07) is 7.22. The molecule has 0 fully saturated rings. The van der Waals surface area contributed by atoms with Crippen molar-refractivity contribution in [1.82, 2.24) is 14.8 Å². The Morgan fingerprint density at radius 2 is 2.15 bits per heavy atom. The SMILES string of the molecule is CCOc1ccc(NC(=O)Cc2n[nH]c(=S)n2C)cc1. The quantitative estimate of drug-likeness (QED) is 0.827. The van der Waals surface area contributed by atoms with Gasteiger partial charge in [-0.05, 0) is 43.4 Å². The summed E-state index contributed by atoms with van der Waals surface area (Å²) < 4.78 is 7.51. The Kier molecular flexibility index (Phi) is 4.52. The number of nitrogens with zero attached hydrogens (tertiary/aromatic N) is 2. The third kappa shape index (κ3) is 3.45. The molecule has 2 N–H and O–H groups in total. The summed E-state index contributed by atoms with van der Waals surface area (Å²) in [6.07, 6.45) is 0.164. The number of carbonyl (C=O) groups excluding carboxylic acids is 1. The highest BCUT2D eigenvalue weighted by Gasteiger charge is 2.09. The Labute approximate surface area is 121 Å². The Balaban J connectivity index is 1.97. The van der Waals surface area contributed by atoms with E-state index < -0.39 is 0 Å². The number of ether oxygens (including phenoxy) is 1. The first-order valence-electron chi connectivity index (χ1n) is 6.23. The van der Waals surface area contributed by atoms with Gasteiger partial charge in [-0.1, -0.05) is 0 Å². The first-order chi connectivity index (χ1) is 9.60. The summed E-state index contributed by atoms with van der Waals surface area (Å²) in [5, 5.41) is 9.45. The van der Waals surface area contributed by atoms with Crippen molar-refractivity contribution in [3.63, 3.8) is 0 Å². The normalized spacial score (nSPS) is 10.3. The minimum atomic E-state index is -0.147. The minimum absolute atomic E-state index is 0.147. The Hall–Kier alpha value is -2.15. The molecule has 0 atom stereocenters. The molecule has 106 valence electrons. The molecule has 0 aliphatic heterocycles. The smallest absolute Gasteiger partial charge is 0.232 e. The topological polar surface area (TPSA) is 71.9 Å². The molecule has 1 amide bonds. The summed E-state index contributed by atoms with van der Waals surface area (Å²) in [5.74, 6) is 1.23. The van der Waals surface area contributed by atoms with E-state index in [9.17, 15) is 4.79 Å². The molecule has 6 nitrogen and oxygen atoms in total. The maximum absolute atomic E-state index is 11.9. The fraction of sp³-hybridized carbons (Fsp3) is 0.308. The van der Waals surface area contributed by atoms with Crippen LogP contribution >= 0.6 is 12.2 Å². The lowest BCUT2D eigenvalue weighted by Gasteiger charge is -2.07. The molecule has 1 heterocycles. The minimum Gasteiger partial charge on any atom is -0.494 e. The number of aromatic amines is 1. The number of hydrogen-bond donors (Lipinski definition) is 2. The van der Waals surface area contributed by atoms with Crippen LogP contribution in [0.1, 0.15) is 12.7 Å². The van der Waals surface area contributed by atoms with Gasteiger partial charge in [-0.3, -0.25) is 9.89 Å². The van der Waals surface area contributed by atoms with Crippen LogP contribution in [-0.2, 0) is 18.3 Å². The van der Waals surface area contributed by atoms with Crippen molar-refractivity contribution in [3.05, 3.63) is 34.9 Å². The number of rotatable bonds is 5. The summed E-state index contributed by atoms with van der Waals surface area (Å²) in [4.78, 5) is 11.9. The van der Waals surface area contributed by atoms with Crippen LogP contribution in [0.25, 0.3) is 0 Å². The lowest BCUT2D eigenvalue weighted by Crippen LogP contribution is -2.16. The molecule has 0 aliphatic carbocycles. The molecule has 0 radical (unpaired) electrons. The number of amides is 1. The van der Waals surface area contributed by atoms with E-state index in [1.807, 2.05) is 19.1 Å². The van der Waals surface area contributed by atoms with E-state index in [-0.39, 0.29) is 12.3 Å². The van der Waals surface area contributed by atoms with E-state index >= 15 is 0 Å². The molecule has 0 saturated carbocycles. The lowest BCUT2D eigenvalue weighted by molar-refractivity contribution is -0.115. The van der Waals surface area contributed by atoms with E-state index in [0.717, 1.165) is 11.4 Å². The van der Waals surface area contributed by atoms with Gasteiger partial charge in [0.1, 0.15) is 11.6 Å². The van der Waals surface area contributed by atoms with Crippen LogP contribution in [0.15, 0.2) is 24.3 Å². The number of carbonyl (C=O) groups is 1. The van der Waals surface area contributed by atoms with E-state index in [1.54, 1.807) is 23.7 Å². The summed E-state index contributed by atoms with van der Waals surface area (Å²) in [5.41, 5.74) is 0.718. The van der Waals surface area contributed by atoms with Crippen molar-refractivity contribution >= 4 is 23.8 Å². The molecule has 2 rings (SSSR count). The maximum atomic E-state index is 11.9. The highest BCUT2D eigenvalue weighted by atomic mass is 32.1. The Morgan fingerprint density at radius 1 is 1.45 bits per heavy atom. The number of nitrogens with one attached hydrogen (secondary N) is 2. The monoisotopic (exact) mass is 292 g/mol. The fourth-order valence-corrected chi connectivity index (χ4v) is 1.84. The van der Waals surface area contributed by atoms with Gasteiger partial charge in [0.25, 0.3) is 0 Å². The fourth-order valence-electron chi connectivity index (χ4n) is 1.69. The van der Waals surface area contributed by atoms with Gasteiger partial charge in [0.05, 0.1) is 13.0 Å². The molecule has 0 unspecified atom stereocenters. The molecule has 20 heavy (non-hydrogen) atoms. The molecule has 0 bridgehead atoms. The van der Waals surface area contributed by atoms with Crippen LogP contribution in [0, 0.1) is 4.77 Å². The molecular formula is C13H16N4O2S. The third-order valence-electron chi connectivity index (χ3n) is 2.74. The highest BCUT2D eigenvalue weighted by molar-refractivity contribution is 7.71. The predicted molar refractivity (Wildman–Crippen MR) is 78.3 cm³/mol. The van der Waals surface area contributed by atoms with Crippen LogP contribution in [0.5, 0.6) is 5.75 Å². The second-order valence-corrected chi connectivity index (χ2v) is 4.57. The van der Waals surface area contributed by atoms with Gasteiger partial charge in [-0.15, -0.1) is 0 Å². The highest BCUT2D eigenvalue weighted by Crippen LogP contribution is 2.15. The second-order valence-electron chi connectivity index (χ2n) is 4.19. The summed E-state index contributed by atoms with van der Waals surface area (Å²) in [7, 11) is 1.77. The van der Waals surface area contributed by atoms with Crippen molar-refractivity contribution < 1.29 is 9.53 Å². The second kappa shape index (κ2) is 6.33. The zero-order valence-corrected chi connectivity index (χ0v) is 12.2. The molecule has 1 aromatic heterocycles. The molecule has 0 spiro atoms. The van der Waals surface area contributed by atoms with Crippen molar-refractivity contribution in [3.8, 4) is 5.75 Å². The van der Waals surface area contributed by atoms with Gasteiger partial charge in [-0.2, -0.15) is 5.10 Å². The zero-order valence-electron chi connectivity index (χ0n) is 11.3. The lowest BCUT2D eigenvalue weighted by atomic mass is 10.3. The summed E-state index contributed by atoms with van der Waals surface area (Å²) in [6.45, 7) is 2.54. The first kappa shape index (κ1) is 14.3. The van der Waals surface area contributed by atoms with Crippen LogP contribution < -0.4 is 10.1 Å². The van der Waals surface area contributed by atoms with Gasteiger partial charge in [-0.25, -0.2) is 0 Å². The van der Waals surface area contributed by atoms with Crippen molar-refractivity contribution in [1.29, 1.82) is 0 Å². The van der Waals surface area contributed by atoms with E-state index in [2.05, 4.69) is 15.5 Å². The van der Waals surface area contributed by atoms with Crippen molar-refractivity contribution in [2.45, 2.75) is 13.3 Å².